The van der Waals surface area contributed by atoms with E-state index >= 15 is 0 Å². The molecule has 2 aliphatic heterocycles. The van der Waals surface area contributed by atoms with Gasteiger partial charge in [-0.1, -0.05) is 0 Å². The normalized spacial score (nSPS) is 20.5. The van der Waals surface area contributed by atoms with E-state index in [4.69, 9.17) is 4.74 Å². The molecule has 0 aromatic heterocycles. The maximum atomic E-state index is 12.0. The van der Waals surface area contributed by atoms with Gasteiger partial charge in [-0.25, -0.2) is 0 Å². The second kappa shape index (κ2) is 7.92. The molecule has 0 bridgehead atoms. The van der Waals surface area contributed by atoms with Crippen LogP contribution in [0.25, 0.3) is 0 Å². The van der Waals surface area contributed by atoms with E-state index in [2.05, 4.69) is 24.1 Å². The summed E-state index contributed by atoms with van der Waals surface area (Å²) in [6.07, 6.45) is 2.86. The summed E-state index contributed by atoms with van der Waals surface area (Å²) in [5.41, 5.74) is -0.0512. The van der Waals surface area contributed by atoms with Gasteiger partial charge in [-0.15, -0.1) is 0 Å². The molecule has 6 nitrogen and oxygen atoms in total. The quantitative estimate of drug-likeness (QED) is 0.748. The van der Waals surface area contributed by atoms with Gasteiger partial charge in [0.1, 0.15) is 0 Å². The fourth-order valence-electron chi connectivity index (χ4n) is 3.05. The summed E-state index contributed by atoms with van der Waals surface area (Å²) in [5.74, 6) is 0.307. The van der Waals surface area contributed by atoms with E-state index in [1.165, 1.54) is 0 Å². The van der Waals surface area contributed by atoms with E-state index in [1.54, 1.807) is 0 Å². The number of rotatable bonds is 7. The van der Waals surface area contributed by atoms with Gasteiger partial charge in [-0.3, -0.25) is 14.5 Å². The Labute approximate surface area is 133 Å². The maximum Gasteiger partial charge on any atom is 0.222 e. The van der Waals surface area contributed by atoms with Crippen LogP contribution in [0.2, 0.25) is 0 Å². The van der Waals surface area contributed by atoms with Crippen molar-refractivity contribution < 1.29 is 14.3 Å². The minimum Gasteiger partial charge on any atom is -0.379 e. The lowest BCUT2D eigenvalue weighted by atomic mass is 10.0. The molecule has 0 radical (unpaired) electrons. The zero-order valence-electron chi connectivity index (χ0n) is 13.9. The molecule has 2 rings (SSSR count). The highest BCUT2D eigenvalue weighted by molar-refractivity contribution is 5.78. The molecule has 0 unspecified atom stereocenters. The Balaban J connectivity index is 1.63. The van der Waals surface area contributed by atoms with E-state index < -0.39 is 0 Å². The first-order valence-electron chi connectivity index (χ1n) is 8.36. The Hall–Kier alpha value is -1.14. The number of nitrogens with zero attached hydrogens (tertiary/aromatic N) is 2. The molecule has 1 N–H and O–H groups in total. The van der Waals surface area contributed by atoms with E-state index in [1.807, 2.05) is 4.90 Å². The number of hydrogen-bond acceptors (Lipinski definition) is 4. The predicted octanol–water partition coefficient (Wildman–Crippen LogP) is 0.616. The van der Waals surface area contributed by atoms with Crippen LogP contribution in [0.3, 0.4) is 0 Å². The van der Waals surface area contributed by atoms with Crippen LogP contribution in [0.5, 0.6) is 0 Å². The van der Waals surface area contributed by atoms with Gasteiger partial charge in [0, 0.05) is 51.1 Å². The number of likely N-dealkylation sites (tertiary alicyclic amines) is 1. The van der Waals surface area contributed by atoms with Crippen LogP contribution in [0, 0.1) is 0 Å². The molecule has 0 saturated carbocycles. The SMILES string of the molecule is CC(C)(CNC(=O)CCCN1CCCC1=O)N1CCOCC1. The molecule has 0 spiro atoms. The number of hydrogen-bond donors (Lipinski definition) is 1. The third-order valence-corrected chi connectivity index (χ3v) is 4.59. The summed E-state index contributed by atoms with van der Waals surface area (Å²) in [7, 11) is 0. The molecule has 2 heterocycles. The van der Waals surface area contributed by atoms with Crippen molar-refractivity contribution in [3.8, 4) is 0 Å². The average Bonchev–Trinajstić information content (AvgIpc) is 2.92. The number of morpholine rings is 1. The molecule has 22 heavy (non-hydrogen) atoms. The van der Waals surface area contributed by atoms with E-state index in [-0.39, 0.29) is 17.4 Å². The average molecular weight is 311 g/mol. The Morgan fingerprint density at radius 3 is 2.64 bits per heavy atom. The number of nitrogens with one attached hydrogen (secondary N) is 1. The summed E-state index contributed by atoms with van der Waals surface area (Å²) in [5, 5.41) is 3.03. The third kappa shape index (κ3) is 4.95. The summed E-state index contributed by atoms with van der Waals surface area (Å²) in [6, 6.07) is 0. The summed E-state index contributed by atoms with van der Waals surface area (Å²) >= 11 is 0. The Morgan fingerprint density at radius 2 is 2.00 bits per heavy atom. The molecule has 0 aliphatic carbocycles. The first kappa shape index (κ1) is 17.2. The largest absolute Gasteiger partial charge is 0.379 e. The van der Waals surface area contributed by atoms with Crippen molar-refractivity contribution in [2.24, 2.45) is 0 Å². The Bertz CT molecular complexity index is 392. The highest BCUT2D eigenvalue weighted by Crippen LogP contribution is 2.15. The van der Waals surface area contributed by atoms with Gasteiger partial charge in [0.2, 0.25) is 11.8 Å². The maximum absolute atomic E-state index is 12.0. The lowest BCUT2D eigenvalue weighted by Crippen LogP contribution is -2.55. The molecule has 2 fully saturated rings. The van der Waals surface area contributed by atoms with Crippen molar-refractivity contribution in [3.63, 3.8) is 0 Å². The fraction of sp³-hybridized carbons (Fsp3) is 0.875. The predicted molar refractivity (Wildman–Crippen MR) is 84.5 cm³/mol. The number of amides is 2. The molecular formula is C16H29N3O3. The Morgan fingerprint density at radius 1 is 1.27 bits per heavy atom. The van der Waals surface area contributed by atoms with Gasteiger partial charge in [0.15, 0.2) is 0 Å². The monoisotopic (exact) mass is 311 g/mol. The van der Waals surface area contributed by atoms with Crippen molar-refractivity contribution in [3.05, 3.63) is 0 Å². The summed E-state index contributed by atoms with van der Waals surface area (Å²) < 4.78 is 5.37. The molecule has 0 atom stereocenters. The highest BCUT2D eigenvalue weighted by Gasteiger charge is 2.28. The zero-order chi connectivity index (χ0) is 16.0. The molecule has 2 amide bonds. The van der Waals surface area contributed by atoms with E-state index in [0.29, 0.717) is 25.9 Å². The van der Waals surface area contributed by atoms with Crippen molar-refractivity contribution in [2.75, 3.05) is 45.9 Å². The summed E-state index contributed by atoms with van der Waals surface area (Å²) in [6.45, 7) is 9.88. The molecule has 0 aromatic rings. The van der Waals surface area contributed by atoms with Crippen molar-refractivity contribution in [1.82, 2.24) is 15.1 Å². The molecule has 2 aliphatic rings. The topological polar surface area (TPSA) is 61.9 Å². The van der Waals surface area contributed by atoms with Gasteiger partial charge in [-0.05, 0) is 26.7 Å². The molecule has 2 saturated heterocycles. The number of carbonyl (C=O) groups excluding carboxylic acids is 2. The second-order valence-corrected chi connectivity index (χ2v) is 6.78. The van der Waals surface area contributed by atoms with Gasteiger partial charge in [0.05, 0.1) is 13.2 Å². The fourth-order valence-corrected chi connectivity index (χ4v) is 3.05. The minimum atomic E-state index is -0.0512. The summed E-state index contributed by atoms with van der Waals surface area (Å²) in [4.78, 5) is 27.7. The Kier molecular flexibility index (Phi) is 6.20. The third-order valence-electron chi connectivity index (χ3n) is 4.59. The minimum absolute atomic E-state index is 0.0512. The van der Waals surface area contributed by atoms with Crippen LogP contribution in [0.15, 0.2) is 0 Å². The van der Waals surface area contributed by atoms with Crippen molar-refractivity contribution in [2.45, 2.75) is 45.1 Å². The highest BCUT2D eigenvalue weighted by atomic mass is 16.5. The van der Waals surface area contributed by atoms with Gasteiger partial charge in [-0.2, -0.15) is 0 Å². The smallest absolute Gasteiger partial charge is 0.222 e. The van der Waals surface area contributed by atoms with Crippen LogP contribution in [0.1, 0.15) is 39.5 Å². The number of ether oxygens (including phenoxy) is 1. The zero-order valence-corrected chi connectivity index (χ0v) is 13.9. The van der Waals surface area contributed by atoms with Crippen LogP contribution in [0.4, 0.5) is 0 Å². The van der Waals surface area contributed by atoms with E-state index in [9.17, 15) is 9.59 Å². The lowest BCUT2D eigenvalue weighted by molar-refractivity contribution is -0.128. The van der Waals surface area contributed by atoms with Crippen LogP contribution < -0.4 is 5.32 Å². The van der Waals surface area contributed by atoms with E-state index in [0.717, 1.165) is 45.7 Å². The first-order chi connectivity index (χ1) is 10.5. The number of carbonyl (C=O) groups is 2. The van der Waals surface area contributed by atoms with Gasteiger partial charge >= 0.3 is 0 Å². The van der Waals surface area contributed by atoms with Crippen LogP contribution in [-0.4, -0.2) is 73.1 Å². The van der Waals surface area contributed by atoms with Gasteiger partial charge in [0.25, 0.3) is 0 Å². The van der Waals surface area contributed by atoms with Crippen molar-refractivity contribution >= 4 is 11.8 Å². The van der Waals surface area contributed by atoms with Gasteiger partial charge < -0.3 is 15.0 Å². The lowest BCUT2D eigenvalue weighted by Gasteiger charge is -2.40. The molecule has 6 heteroatoms. The van der Waals surface area contributed by atoms with Crippen molar-refractivity contribution in [1.29, 1.82) is 0 Å². The molecule has 0 aromatic carbocycles. The van der Waals surface area contributed by atoms with Crippen LogP contribution in [-0.2, 0) is 14.3 Å². The first-order valence-corrected chi connectivity index (χ1v) is 8.36. The molecule has 126 valence electrons. The van der Waals surface area contributed by atoms with Crippen LogP contribution >= 0.6 is 0 Å². The standard InChI is InChI=1S/C16H29N3O3/c1-16(2,19-9-11-22-12-10-19)13-17-14(20)5-3-7-18-8-4-6-15(18)21/h3-13H2,1-2H3,(H,17,20). The second-order valence-electron chi connectivity index (χ2n) is 6.78. The molecular weight excluding hydrogens is 282 g/mol.